The number of quaternary nitrogens is 1. The number of likely N-dealkylation sites (tertiary alicyclic amines) is 1. The summed E-state index contributed by atoms with van der Waals surface area (Å²) in [5, 5.41) is 10.1. The summed E-state index contributed by atoms with van der Waals surface area (Å²) in [5.74, 6) is -0.0926. The first kappa shape index (κ1) is 21.3. The third kappa shape index (κ3) is 4.30. The third-order valence-corrected chi connectivity index (χ3v) is 6.07. The van der Waals surface area contributed by atoms with Gasteiger partial charge in [-0.15, -0.1) is 0 Å². The molecule has 1 heterocycles. The van der Waals surface area contributed by atoms with Crippen LogP contribution in [0.2, 0.25) is 5.02 Å². The molecule has 5 nitrogen and oxygen atoms in total. The molecule has 1 amide bonds. The van der Waals surface area contributed by atoms with Crippen molar-refractivity contribution < 1.29 is 4.79 Å². The van der Waals surface area contributed by atoms with Gasteiger partial charge in [-0.05, 0) is 36.9 Å². The van der Waals surface area contributed by atoms with E-state index in [4.69, 9.17) is 17.3 Å². The molecule has 2 aromatic carbocycles. The van der Waals surface area contributed by atoms with Gasteiger partial charge in [0, 0.05) is 24.9 Å². The van der Waals surface area contributed by atoms with E-state index in [1.165, 1.54) is 5.56 Å². The average molecular weight is 412 g/mol. The summed E-state index contributed by atoms with van der Waals surface area (Å²) in [6, 6.07) is 16.1. The maximum Gasteiger partial charge on any atom is 0.276 e. The molecule has 1 aliphatic rings. The van der Waals surface area contributed by atoms with Gasteiger partial charge >= 0.3 is 0 Å². The third-order valence-electron chi connectivity index (χ3n) is 5.75. The first-order chi connectivity index (χ1) is 13.8. The van der Waals surface area contributed by atoms with Crippen LogP contribution in [0.25, 0.3) is 11.1 Å². The molecule has 2 N–H and O–H groups in total. The van der Waals surface area contributed by atoms with E-state index in [0.717, 1.165) is 23.4 Å². The van der Waals surface area contributed by atoms with Crippen molar-refractivity contribution in [1.82, 2.24) is 9.38 Å². The SMILES string of the molecule is CC1C[C@@H](C(N)=O)[N+](CC#N)(c2cc(-c3ccc(CN(C)C)cc3)ccc2Cl)C1. The van der Waals surface area contributed by atoms with Crippen LogP contribution in [-0.2, 0) is 11.3 Å². The highest BCUT2D eigenvalue weighted by Gasteiger charge is 2.51. The van der Waals surface area contributed by atoms with E-state index in [1.54, 1.807) is 0 Å². The van der Waals surface area contributed by atoms with E-state index in [9.17, 15) is 10.1 Å². The molecule has 0 radical (unpaired) electrons. The summed E-state index contributed by atoms with van der Waals surface area (Å²) in [7, 11) is 4.09. The lowest BCUT2D eigenvalue weighted by atomic mass is 10.0. The zero-order valence-corrected chi connectivity index (χ0v) is 18.0. The fraction of sp³-hybridized carbons (Fsp3) is 0.391. The van der Waals surface area contributed by atoms with E-state index in [1.807, 2.05) is 32.3 Å². The quantitative estimate of drug-likeness (QED) is 0.580. The number of nitrogens with zero attached hydrogens (tertiary/aromatic N) is 3. The van der Waals surface area contributed by atoms with Gasteiger partial charge in [0.05, 0.1) is 6.54 Å². The number of amides is 1. The fourth-order valence-corrected chi connectivity index (χ4v) is 4.84. The maximum absolute atomic E-state index is 12.3. The molecule has 152 valence electrons. The number of carbonyl (C=O) groups excluding carboxylic acids is 1. The summed E-state index contributed by atoms with van der Waals surface area (Å²) in [4.78, 5) is 14.4. The molecular weight excluding hydrogens is 384 g/mol. The van der Waals surface area contributed by atoms with Crippen LogP contribution in [0.4, 0.5) is 5.69 Å². The Morgan fingerprint density at radius 1 is 1.24 bits per heavy atom. The Balaban J connectivity index is 2.06. The average Bonchev–Trinajstić information content (AvgIpc) is 3.00. The van der Waals surface area contributed by atoms with Gasteiger partial charge in [-0.25, -0.2) is 0 Å². The van der Waals surface area contributed by atoms with Crippen LogP contribution in [0.1, 0.15) is 18.9 Å². The van der Waals surface area contributed by atoms with E-state index >= 15 is 0 Å². The van der Waals surface area contributed by atoms with Crippen molar-refractivity contribution in [2.24, 2.45) is 11.7 Å². The van der Waals surface area contributed by atoms with Crippen LogP contribution in [-0.4, -0.2) is 44.0 Å². The molecule has 3 rings (SSSR count). The number of halogens is 1. The number of nitrogens with two attached hydrogens (primary N) is 1. The van der Waals surface area contributed by atoms with Crippen molar-refractivity contribution in [3.63, 3.8) is 0 Å². The molecule has 2 aromatic rings. The number of hydrogen-bond donors (Lipinski definition) is 1. The molecule has 2 unspecified atom stereocenters. The van der Waals surface area contributed by atoms with Crippen LogP contribution in [0, 0.1) is 17.2 Å². The zero-order chi connectivity index (χ0) is 21.2. The second-order valence-corrected chi connectivity index (χ2v) is 8.80. The second kappa shape index (κ2) is 8.54. The Labute approximate surface area is 177 Å². The van der Waals surface area contributed by atoms with Crippen LogP contribution in [0.3, 0.4) is 0 Å². The molecule has 3 atom stereocenters. The Bertz CT molecular complexity index is 935. The van der Waals surface area contributed by atoms with Gasteiger partial charge in [-0.3, -0.25) is 9.28 Å². The summed E-state index contributed by atoms with van der Waals surface area (Å²) in [6.07, 6.45) is 0.663. The lowest BCUT2D eigenvalue weighted by Gasteiger charge is -2.37. The first-order valence-corrected chi connectivity index (χ1v) is 10.2. The van der Waals surface area contributed by atoms with Crippen LogP contribution >= 0.6 is 11.6 Å². The van der Waals surface area contributed by atoms with Crippen molar-refractivity contribution in [1.29, 1.82) is 5.26 Å². The minimum absolute atomic E-state index is 0.170. The highest BCUT2D eigenvalue weighted by molar-refractivity contribution is 6.33. The van der Waals surface area contributed by atoms with Crippen molar-refractivity contribution in [2.75, 3.05) is 27.2 Å². The van der Waals surface area contributed by atoms with Gasteiger partial charge in [0.15, 0.2) is 18.3 Å². The van der Waals surface area contributed by atoms with E-state index in [0.29, 0.717) is 18.0 Å². The number of primary amides is 1. The molecule has 0 saturated carbocycles. The van der Waals surface area contributed by atoms with Gasteiger partial charge < -0.3 is 10.6 Å². The topological polar surface area (TPSA) is 70.1 Å². The first-order valence-electron chi connectivity index (χ1n) is 9.84. The van der Waals surface area contributed by atoms with E-state index < -0.39 is 6.04 Å². The number of hydrogen-bond acceptors (Lipinski definition) is 3. The maximum atomic E-state index is 12.3. The van der Waals surface area contributed by atoms with E-state index in [-0.39, 0.29) is 22.9 Å². The molecule has 6 heteroatoms. The van der Waals surface area contributed by atoms with Crippen molar-refractivity contribution in [3.05, 3.63) is 53.1 Å². The Morgan fingerprint density at radius 2 is 1.90 bits per heavy atom. The monoisotopic (exact) mass is 411 g/mol. The van der Waals surface area contributed by atoms with Gasteiger partial charge in [0.1, 0.15) is 11.1 Å². The van der Waals surface area contributed by atoms with Gasteiger partial charge in [-0.1, -0.05) is 48.9 Å². The Kier molecular flexibility index (Phi) is 6.28. The normalized spacial score (nSPS) is 23.9. The minimum atomic E-state index is -0.445. The number of nitriles is 1. The summed E-state index contributed by atoms with van der Waals surface area (Å²) < 4.78 is 0.207. The Hall–Kier alpha value is -2.39. The van der Waals surface area contributed by atoms with Gasteiger partial charge in [0.2, 0.25) is 0 Å². The number of carbonyl (C=O) groups is 1. The summed E-state index contributed by atoms with van der Waals surface area (Å²) in [6.45, 7) is 3.82. The highest BCUT2D eigenvalue weighted by atomic mass is 35.5. The van der Waals surface area contributed by atoms with Crippen molar-refractivity contribution in [2.45, 2.75) is 25.9 Å². The van der Waals surface area contributed by atoms with Gasteiger partial charge in [-0.2, -0.15) is 5.26 Å². The molecule has 1 aliphatic heterocycles. The van der Waals surface area contributed by atoms with Gasteiger partial charge in [0.25, 0.3) is 5.91 Å². The second-order valence-electron chi connectivity index (χ2n) is 8.39. The molecule has 0 spiro atoms. The molecule has 0 aliphatic carbocycles. The number of rotatable bonds is 6. The van der Waals surface area contributed by atoms with Crippen molar-refractivity contribution >= 4 is 23.2 Å². The van der Waals surface area contributed by atoms with E-state index in [2.05, 4.69) is 42.2 Å². The predicted molar refractivity (Wildman–Crippen MR) is 118 cm³/mol. The lowest BCUT2D eigenvalue weighted by molar-refractivity contribution is -0.121. The molecule has 1 saturated heterocycles. The summed E-state index contributed by atoms with van der Waals surface area (Å²) in [5.41, 5.74) is 9.87. The smallest absolute Gasteiger partial charge is 0.276 e. The minimum Gasteiger partial charge on any atom is -0.364 e. The largest absolute Gasteiger partial charge is 0.364 e. The molecule has 0 bridgehead atoms. The lowest BCUT2D eigenvalue weighted by Crippen LogP contribution is -2.58. The highest BCUT2D eigenvalue weighted by Crippen LogP contribution is 2.42. The fourth-order valence-electron chi connectivity index (χ4n) is 4.55. The van der Waals surface area contributed by atoms with Crippen LogP contribution < -0.4 is 10.2 Å². The number of benzene rings is 2. The molecular formula is C23H28ClN4O+. The van der Waals surface area contributed by atoms with Crippen LogP contribution in [0.5, 0.6) is 0 Å². The zero-order valence-electron chi connectivity index (χ0n) is 17.2. The molecule has 1 fully saturated rings. The summed E-state index contributed by atoms with van der Waals surface area (Å²) >= 11 is 6.61. The standard InChI is InChI=1S/C23H27ClN4O/c1-16-12-22(23(26)29)28(15-16,11-10-25)21-13-19(8-9-20(21)24)18-6-4-17(5-7-18)14-27(2)3/h4-9,13,16,22H,11-12,14-15H2,1-3H3,(H-,26,29)/p+1/t16?,22-,28?/m0/s1. The Morgan fingerprint density at radius 3 is 2.48 bits per heavy atom. The predicted octanol–water partition coefficient (Wildman–Crippen LogP) is 3.79. The van der Waals surface area contributed by atoms with Crippen LogP contribution in [0.15, 0.2) is 42.5 Å². The van der Waals surface area contributed by atoms with Crippen molar-refractivity contribution in [3.8, 4) is 17.2 Å². The molecule has 29 heavy (non-hydrogen) atoms. The molecule has 0 aromatic heterocycles.